The van der Waals surface area contributed by atoms with E-state index in [0.717, 1.165) is 16.5 Å². The number of rotatable bonds is 4. The summed E-state index contributed by atoms with van der Waals surface area (Å²) in [7, 11) is 0. The number of benzene rings is 1. The third-order valence-electron chi connectivity index (χ3n) is 4.11. The summed E-state index contributed by atoms with van der Waals surface area (Å²) in [5.41, 5.74) is 3.91. The molecule has 1 aliphatic rings. The number of hydrazine groups is 1. The van der Waals surface area contributed by atoms with Crippen molar-refractivity contribution < 1.29 is 4.39 Å². The monoisotopic (exact) mass is 314 g/mol. The van der Waals surface area contributed by atoms with Gasteiger partial charge in [0.05, 0.1) is 0 Å². The number of hydrogen-bond donors (Lipinski definition) is 2. The van der Waals surface area contributed by atoms with Crippen molar-refractivity contribution in [2.45, 2.75) is 38.6 Å². The molecule has 0 aliphatic heterocycles. The Kier molecular flexibility index (Phi) is 4.76. The van der Waals surface area contributed by atoms with Gasteiger partial charge in [-0.3, -0.25) is 11.3 Å². The first-order valence-corrected chi connectivity index (χ1v) is 7.31. The molecule has 1 fully saturated rings. The zero-order valence-corrected chi connectivity index (χ0v) is 12.2. The van der Waals surface area contributed by atoms with E-state index in [-0.39, 0.29) is 11.9 Å². The SMILES string of the molecule is CC1CCCC1C(Cc1cc(F)ccc1Br)NN. The highest BCUT2D eigenvalue weighted by Gasteiger charge is 2.30. The first-order chi connectivity index (χ1) is 8.61. The summed E-state index contributed by atoms with van der Waals surface area (Å²) >= 11 is 3.48. The van der Waals surface area contributed by atoms with Crippen molar-refractivity contribution in [3.8, 4) is 0 Å². The average molecular weight is 315 g/mol. The summed E-state index contributed by atoms with van der Waals surface area (Å²) in [6, 6.07) is 5.04. The Labute approximate surface area is 116 Å². The fraction of sp³-hybridized carbons (Fsp3) is 0.571. The molecule has 1 aliphatic carbocycles. The molecular formula is C14H20BrFN2. The Morgan fingerprint density at radius 1 is 1.50 bits per heavy atom. The molecule has 18 heavy (non-hydrogen) atoms. The highest BCUT2D eigenvalue weighted by Crippen LogP contribution is 2.35. The van der Waals surface area contributed by atoms with Crippen molar-refractivity contribution in [2.24, 2.45) is 17.7 Å². The lowest BCUT2D eigenvalue weighted by atomic mass is 9.87. The maximum absolute atomic E-state index is 13.3. The van der Waals surface area contributed by atoms with Crippen LogP contribution in [0.3, 0.4) is 0 Å². The predicted molar refractivity (Wildman–Crippen MR) is 75.4 cm³/mol. The molecular weight excluding hydrogens is 295 g/mol. The third kappa shape index (κ3) is 3.11. The molecule has 2 nitrogen and oxygen atoms in total. The minimum absolute atomic E-state index is 0.191. The molecule has 3 N–H and O–H groups in total. The summed E-state index contributed by atoms with van der Waals surface area (Å²) < 4.78 is 14.2. The molecule has 4 heteroatoms. The predicted octanol–water partition coefficient (Wildman–Crippen LogP) is 3.40. The van der Waals surface area contributed by atoms with Crippen LogP contribution < -0.4 is 11.3 Å². The van der Waals surface area contributed by atoms with Crippen LogP contribution in [-0.4, -0.2) is 6.04 Å². The van der Waals surface area contributed by atoms with Crippen molar-refractivity contribution in [3.63, 3.8) is 0 Å². The minimum Gasteiger partial charge on any atom is -0.271 e. The molecule has 0 amide bonds. The third-order valence-corrected chi connectivity index (χ3v) is 4.88. The van der Waals surface area contributed by atoms with Gasteiger partial charge in [-0.25, -0.2) is 4.39 Å². The van der Waals surface area contributed by atoms with Gasteiger partial charge in [0.2, 0.25) is 0 Å². The van der Waals surface area contributed by atoms with E-state index in [0.29, 0.717) is 11.8 Å². The Balaban J connectivity index is 2.12. The second-order valence-corrected chi connectivity index (χ2v) is 6.14. The fourth-order valence-corrected chi connectivity index (χ4v) is 3.45. The second kappa shape index (κ2) is 6.13. The van der Waals surface area contributed by atoms with Crippen molar-refractivity contribution in [2.75, 3.05) is 0 Å². The number of hydrogen-bond acceptors (Lipinski definition) is 2. The van der Waals surface area contributed by atoms with Crippen molar-refractivity contribution in [1.82, 2.24) is 5.43 Å². The highest BCUT2D eigenvalue weighted by molar-refractivity contribution is 9.10. The van der Waals surface area contributed by atoms with Crippen LogP contribution in [-0.2, 0) is 6.42 Å². The molecule has 100 valence electrons. The molecule has 0 aromatic heterocycles. The van der Waals surface area contributed by atoms with Crippen LogP contribution in [0, 0.1) is 17.7 Å². The standard InChI is InChI=1S/C14H20BrFN2/c1-9-3-2-4-12(9)14(18-17)8-10-7-11(16)5-6-13(10)15/h5-7,9,12,14,18H,2-4,8,17H2,1H3. The van der Waals surface area contributed by atoms with Gasteiger partial charge in [-0.1, -0.05) is 35.7 Å². The van der Waals surface area contributed by atoms with Crippen molar-refractivity contribution in [3.05, 3.63) is 34.1 Å². The molecule has 0 spiro atoms. The molecule has 1 aromatic carbocycles. The summed E-state index contributed by atoms with van der Waals surface area (Å²) in [5.74, 6) is 6.78. The molecule has 0 saturated heterocycles. The van der Waals surface area contributed by atoms with Crippen LogP contribution in [0.25, 0.3) is 0 Å². The molecule has 1 aromatic rings. The van der Waals surface area contributed by atoms with Crippen LogP contribution in [0.1, 0.15) is 31.7 Å². The van der Waals surface area contributed by atoms with Gasteiger partial charge in [-0.15, -0.1) is 0 Å². The number of nitrogens with one attached hydrogen (secondary N) is 1. The van der Waals surface area contributed by atoms with E-state index in [1.807, 2.05) is 0 Å². The van der Waals surface area contributed by atoms with Crippen molar-refractivity contribution in [1.29, 1.82) is 0 Å². The summed E-state index contributed by atoms with van der Waals surface area (Å²) in [6.07, 6.45) is 4.52. The van der Waals surface area contributed by atoms with E-state index in [1.54, 1.807) is 12.1 Å². The minimum atomic E-state index is -0.191. The Hall–Kier alpha value is -0.450. The van der Waals surface area contributed by atoms with Gasteiger partial charge >= 0.3 is 0 Å². The highest BCUT2D eigenvalue weighted by atomic mass is 79.9. The zero-order valence-electron chi connectivity index (χ0n) is 10.6. The lowest BCUT2D eigenvalue weighted by Gasteiger charge is -2.26. The Morgan fingerprint density at radius 3 is 2.89 bits per heavy atom. The lowest BCUT2D eigenvalue weighted by molar-refractivity contribution is 0.297. The summed E-state index contributed by atoms with van der Waals surface area (Å²) in [6.45, 7) is 2.28. The average Bonchev–Trinajstić information content (AvgIpc) is 2.77. The fourth-order valence-electron chi connectivity index (χ4n) is 3.04. The van der Waals surface area contributed by atoms with Gasteiger partial charge in [0.1, 0.15) is 5.82 Å². The maximum atomic E-state index is 13.3. The van der Waals surface area contributed by atoms with E-state index >= 15 is 0 Å². The molecule has 2 rings (SSSR count). The van der Waals surface area contributed by atoms with E-state index < -0.39 is 0 Å². The van der Waals surface area contributed by atoms with Crippen LogP contribution in [0.5, 0.6) is 0 Å². The topological polar surface area (TPSA) is 38.0 Å². The summed E-state index contributed by atoms with van der Waals surface area (Å²) in [5, 5.41) is 0. The quantitative estimate of drug-likeness (QED) is 0.660. The van der Waals surface area contributed by atoms with Gasteiger partial charge in [-0.2, -0.15) is 0 Å². The smallest absolute Gasteiger partial charge is 0.123 e. The zero-order chi connectivity index (χ0) is 13.1. The first-order valence-electron chi connectivity index (χ1n) is 6.52. The van der Waals surface area contributed by atoms with Crippen LogP contribution >= 0.6 is 15.9 Å². The van der Waals surface area contributed by atoms with Crippen LogP contribution in [0.15, 0.2) is 22.7 Å². The number of halogens is 2. The van der Waals surface area contributed by atoms with E-state index in [2.05, 4.69) is 28.3 Å². The first kappa shape index (κ1) is 14.0. The van der Waals surface area contributed by atoms with Crippen molar-refractivity contribution >= 4 is 15.9 Å². The molecule has 3 unspecified atom stereocenters. The van der Waals surface area contributed by atoms with Gasteiger partial charge < -0.3 is 0 Å². The van der Waals surface area contributed by atoms with Gasteiger partial charge in [0, 0.05) is 10.5 Å². The van der Waals surface area contributed by atoms with Gasteiger partial charge in [-0.05, 0) is 48.4 Å². The molecule has 0 bridgehead atoms. The normalized spacial score (nSPS) is 25.3. The summed E-state index contributed by atoms with van der Waals surface area (Å²) in [4.78, 5) is 0. The molecule has 3 atom stereocenters. The van der Waals surface area contributed by atoms with E-state index in [9.17, 15) is 4.39 Å². The lowest BCUT2D eigenvalue weighted by Crippen LogP contribution is -2.43. The van der Waals surface area contributed by atoms with Crippen LogP contribution in [0.4, 0.5) is 4.39 Å². The molecule has 0 radical (unpaired) electrons. The largest absolute Gasteiger partial charge is 0.271 e. The number of nitrogens with two attached hydrogens (primary N) is 1. The van der Waals surface area contributed by atoms with Gasteiger partial charge in [0.25, 0.3) is 0 Å². The molecule has 0 heterocycles. The molecule has 1 saturated carbocycles. The van der Waals surface area contributed by atoms with Gasteiger partial charge in [0.15, 0.2) is 0 Å². The van der Waals surface area contributed by atoms with E-state index in [1.165, 1.54) is 25.3 Å². The Bertz CT molecular complexity index is 411. The second-order valence-electron chi connectivity index (χ2n) is 5.29. The maximum Gasteiger partial charge on any atom is 0.123 e. The Morgan fingerprint density at radius 2 is 2.28 bits per heavy atom. The van der Waals surface area contributed by atoms with Crippen LogP contribution in [0.2, 0.25) is 0 Å². The van der Waals surface area contributed by atoms with E-state index in [4.69, 9.17) is 5.84 Å².